The molecule has 0 heterocycles. The predicted molar refractivity (Wildman–Crippen MR) is 261 cm³/mol. The Morgan fingerprint density at radius 2 is 1.10 bits per heavy atom. The molecule has 0 saturated carbocycles. The van der Waals surface area contributed by atoms with Gasteiger partial charge in [-0.3, -0.25) is 38.9 Å². The fourth-order valence-corrected chi connectivity index (χ4v) is 5.97. The Balaban J connectivity index is 2.01. The lowest BCUT2D eigenvalue weighted by molar-refractivity contribution is -0.384. The number of guanidine groups is 4. The first kappa shape index (κ1) is 56.1. The molecule has 6 amide bonds. The van der Waals surface area contributed by atoms with E-state index in [0.29, 0.717) is 5.56 Å². The maximum atomic E-state index is 14.2. The van der Waals surface area contributed by atoms with E-state index in [4.69, 9.17) is 51.6 Å². The highest BCUT2D eigenvalue weighted by Crippen LogP contribution is 2.28. The number of nitrogens with zero attached hydrogens (tertiary/aromatic N) is 7. The van der Waals surface area contributed by atoms with Gasteiger partial charge < -0.3 is 98.2 Å². The summed E-state index contributed by atoms with van der Waals surface area (Å²) in [7, 11) is 3.68. The Kier molecular flexibility index (Phi) is 20.0. The number of anilines is 2. The van der Waals surface area contributed by atoms with Crippen molar-refractivity contribution in [2.24, 2.45) is 71.6 Å². The summed E-state index contributed by atoms with van der Waals surface area (Å²) < 4.78 is 0. The van der Waals surface area contributed by atoms with Crippen LogP contribution >= 0.6 is 0 Å². The highest BCUT2D eigenvalue weighted by Gasteiger charge is 2.35. The van der Waals surface area contributed by atoms with Crippen LogP contribution < -0.4 is 88.0 Å². The maximum Gasteiger partial charge on any atom is 0.338 e. The molecule has 32 heteroatoms. The number of nitro benzene ring substituents is 1. The van der Waals surface area contributed by atoms with Crippen molar-refractivity contribution in [3.63, 3.8) is 0 Å². The first-order chi connectivity index (χ1) is 33.8. The summed E-state index contributed by atoms with van der Waals surface area (Å²) in [4.78, 5) is 121. The average Bonchev–Trinajstić information content (AvgIpc) is 3.30. The number of rotatable bonds is 24. The Morgan fingerprint density at radius 1 is 0.639 bits per heavy atom. The van der Waals surface area contributed by atoms with Gasteiger partial charge in [-0.05, 0) is 29.3 Å². The summed E-state index contributed by atoms with van der Waals surface area (Å²) in [6.45, 7) is -0.398. The number of carboxylic acids is 1. The summed E-state index contributed by atoms with van der Waals surface area (Å²) in [6.07, 6.45) is -7.69. The number of aromatic carboxylic acids is 1. The number of non-ortho nitro benzene ring substituents is 1. The minimum Gasteiger partial charge on any atom is -0.478 e. The molecule has 3 rings (SSSR count). The summed E-state index contributed by atoms with van der Waals surface area (Å²) in [5.74, 6) is -12.8. The second-order valence-corrected chi connectivity index (χ2v) is 14.8. The third-order valence-electron chi connectivity index (χ3n) is 9.21. The summed E-state index contributed by atoms with van der Waals surface area (Å²) in [6, 6.07) is 15.2. The van der Waals surface area contributed by atoms with Crippen molar-refractivity contribution in [3.8, 4) is 0 Å². The number of carbonyl (C=O) groups excluding carboxylic acids is 6. The molecule has 6 atom stereocenters. The molecule has 0 saturated heterocycles. The predicted octanol–water partition coefficient (Wildman–Crippen LogP) is -6.60. The van der Waals surface area contributed by atoms with Gasteiger partial charge in [-0.2, -0.15) is 0 Å². The average molecular weight is 1000 g/mol. The zero-order chi connectivity index (χ0) is 54.0. The smallest absolute Gasteiger partial charge is 0.338 e. The van der Waals surface area contributed by atoms with Crippen molar-refractivity contribution in [1.82, 2.24) is 26.6 Å². The van der Waals surface area contributed by atoms with E-state index in [-0.39, 0.29) is 11.3 Å². The number of aliphatic hydroxyl groups excluding tert-OH is 1. The molecule has 25 N–H and O–H groups in total. The molecule has 0 radical (unpaired) electrons. The van der Waals surface area contributed by atoms with Gasteiger partial charge in [0.05, 0.1) is 16.2 Å². The largest absolute Gasteiger partial charge is 0.478 e. The summed E-state index contributed by atoms with van der Waals surface area (Å²) >= 11 is 0. The van der Waals surface area contributed by atoms with Crippen LogP contribution in [0.2, 0.25) is 0 Å². The Hall–Kier alpha value is -10.3. The van der Waals surface area contributed by atoms with Crippen LogP contribution in [0.5, 0.6) is 0 Å². The lowest BCUT2D eigenvalue weighted by Gasteiger charge is -2.30. The molecule has 0 aliphatic carbocycles. The lowest BCUT2D eigenvalue weighted by Crippen LogP contribution is -2.58. The number of aliphatic hydroxyl groups is 1. The number of hydrogen-bond donors (Lipinski definition) is 16. The molecule has 0 spiro atoms. The van der Waals surface area contributed by atoms with Crippen molar-refractivity contribution in [1.29, 1.82) is 0 Å². The van der Waals surface area contributed by atoms with Gasteiger partial charge in [0.25, 0.3) is 35.2 Å². The van der Waals surface area contributed by atoms with E-state index < -0.39 is 125 Å². The first-order valence-corrected chi connectivity index (χ1v) is 20.4. The summed E-state index contributed by atoms with van der Waals surface area (Å²) in [5, 5.41) is 43.9. The van der Waals surface area contributed by atoms with E-state index in [1.54, 1.807) is 24.3 Å². The van der Waals surface area contributed by atoms with Crippen LogP contribution in [-0.4, -0.2) is 132 Å². The minimum atomic E-state index is -2.34. The Labute approximate surface area is 407 Å². The SMILES string of the molecule is CN(C)c1ccc(/C=C\CN(c2ccc([N+](=O)[O-])cc2C(=O)O)C(O)C(=O)NC(C(=O)NC(N=C(N)N)C(=O)NC(N=C(N)N)C(=O)NC(N=C(N)N)C(=O)NC(N=C(N)N)C(N)=O)c2ccccc2)cc1. The molecule has 0 bridgehead atoms. The maximum absolute atomic E-state index is 14.2. The molecule has 72 heavy (non-hydrogen) atoms. The number of hydrogen-bond acceptors (Lipinski definition) is 16. The van der Waals surface area contributed by atoms with Crippen molar-refractivity contribution in [3.05, 3.63) is 106 Å². The van der Waals surface area contributed by atoms with Crippen molar-refractivity contribution in [2.45, 2.75) is 36.9 Å². The number of amides is 6. The molecule has 32 nitrogen and oxygen atoms in total. The third-order valence-corrected chi connectivity index (χ3v) is 9.21. The highest BCUT2D eigenvalue weighted by atomic mass is 16.6. The van der Waals surface area contributed by atoms with Crippen LogP contribution in [0, 0.1) is 10.1 Å². The van der Waals surface area contributed by atoms with Gasteiger partial charge in [-0.1, -0.05) is 54.6 Å². The lowest BCUT2D eigenvalue weighted by atomic mass is 10.1. The monoisotopic (exact) mass is 1000 g/mol. The third kappa shape index (κ3) is 16.8. The van der Waals surface area contributed by atoms with E-state index in [9.17, 15) is 53.9 Å². The van der Waals surface area contributed by atoms with Crippen LogP contribution in [0.1, 0.15) is 27.5 Å². The molecule has 0 aliphatic rings. The van der Waals surface area contributed by atoms with Crippen molar-refractivity contribution < 1.29 is 48.7 Å². The topological polar surface area (TPSA) is 553 Å². The number of aliphatic imine (C=N–C) groups is 4. The number of nitrogens with one attached hydrogen (secondary N) is 5. The van der Waals surface area contributed by atoms with Crippen molar-refractivity contribution in [2.75, 3.05) is 30.4 Å². The molecule has 3 aromatic carbocycles. The molecular weight excluding hydrogens is 951 g/mol. The number of benzene rings is 3. The number of nitrogens with two attached hydrogens (primary N) is 9. The van der Waals surface area contributed by atoms with Crippen LogP contribution in [0.15, 0.2) is 98.8 Å². The van der Waals surface area contributed by atoms with Gasteiger partial charge >= 0.3 is 5.97 Å². The zero-order valence-corrected chi connectivity index (χ0v) is 38.1. The van der Waals surface area contributed by atoms with Gasteiger partial charge in [0.1, 0.15) is 6.04 Å². The normalized spacial score (nSPS) is 13.1. The number of carbonyl (C=O) groups is 7. The van der Waals surface area contributed by atoms with E-state index >= 15 is 0 Å². The molecular formula is C40H53N21O11. The van der Waals surface area contributed by atoms with E-state index in [0.717, 1.165) is 28.8 Å². The fourth-order valence-electron chi connectivity index (χ4n) is 5.97. The first-order valence-electron chi connectivity index (χ1n) is 20.4. The zero-order valence-electron chi connectivity index (χ0n) is 38.1. The highest BCUT2D eigenvalue weighted by molar-refractivity contribution is 6.00. The van der Waals surface area contributed by atoms with Gasteiger partial charge in [0.2, 0.25) is 36.8 Å². The Morgan fingerprint density at radius 3 is 1.53 bits per heavy atom. The molecule has 6 unspecified atom stereocenters. The van der Waals surface area contributed by atoms with Crippen molar-refractivity contribution >= 4 is 88.4 Å². The minimum absolute atomic E-state index is 0.0220. The second kappa shape index (κ2) is 25.7. The van der Waals surface area contributed by atoms with E-state index in [2.05, 4.69) is 30.6 Å². The van der Waals surface area contributed by atoms with Gasteiger partial charge in [-0.15, -0.1) is 0 Å². The van der Waals surface area contributed by atoms with E-state index in [1.807, 2.05) is 47.1 Å². The second-order valence-electron chi connectivity index (χ2n) is 14.8. The molecule has 384 valence electrons. The standard InChI is InChI=1S/C40H53N21O11/c1-59(2)20-12-10-18(11-13-20)7-6-16-60(23-15-14-21(61(71)72)17-22(23)36(69)70)35(68)34(67)50-24(19-8-4-3-5-9-19)30(63)52-27(56-38(44)45)32(65)54-29(58-40(48)49)33(66)53-28(57-39(46)47)31(64)51-26(25(41)62)55-37(42)43/h3-15,17,24,26-29,35,68H,16H2,1-2H3,(H2,41,62)(H,50,67)(H,51,64)(H,52,63)(H,53,66)(H,54,65)(H,69,70)(H4,42,43,55)(H4,44,45,56)(H4,46,47,57)(H4,48,49,58)/b7-6-. The molecule has 0 fully saturated rings. The van der Waals surface area contributed by atoms with Gasteiger partial charge in [0, 0.05) is 38.5 Å². The molecule has 0 aromatic heterocycles. The van der Waals surface area contributed by atoms with Crippen LogP contribution in [0.4, 0.5) is 17.1 Å². The number of nitro groups is 1. The van der Waals surface area contributed by atoms with Crippen LogP contribution in [0.25, 0.3) is 6.08 Å². The molecule has 0 aliphatic heterocycles. The Bertz CT molecular complexity index is 2640. The summed E-state index contributed by atoms with van der Waals surface area (Å²) in [5.41, 5.74) is 48.7. The number of carboxylic acid groups (broad SMARTS) is 1. The number of primary amides is 1. The van der Waals surface area contributed by atoms with Gasteiger partial charge in [0.15, 0.2) is 23.8 Å². The van der Waals surface area contributed by atoms with Crippen LogP contribution in [0.3, 0.4) is 0 Å². The van der Waals surface area contributed by atoms with Gasteiger partial charge in [-0.25, -0.2) is 24.8 Å². The van der Waals surface area contributed by atoms with Crippen LogP contribution in [-0.2, 0) is 28.8 Å². The van der Waals surface area contributed by atoms with E-state index in [1.165, 1.54) is 30.3 Å². The quantitative estimate of drug-likeness (QED) is 0.0130. The fraction of sp³-hybridized carbons (Fsp3) is 0.225. The molecule has 3 aromatic rings.